The molecule has 2 heterocycles. The van der Waals surface area contributed by atoms with Gasteiger partial charge in [0.15, 0.2) is 0 Å². The molecule has 7 nitrogen and oxygen atoms in total. The Kier molecular flexibility index (Phi) is 5.78. The van der Waals surface area contributed by atoms with Crippen LogP contribution in [0.2, 0.25) is 0 Å². The Labute approximate surface area is 153 Å². The Bertz CT molecular complexity index is 766. The summed E-state index contributed by atoms with van der Waals surface area (Å²) in [5.41, 5.74) is 2.04. The third-order valence-electron chi connectivity index (χ3n) is 4.71. The molecule has 1 N–H and O–H groups in total. The lowest BCUT2D eigenvalue weighted by Crippen LogP contribution is -2.34. The van der Waals surface area contributed by atoms with Gasteiger partial charge >= 0.3 is 0 Å². The van der Waals surface area contributed by atoms with E-state index in [9.17, 15) is 4.79 Å². The summed E-state index contributed by atoms with van der Waals surface area (Å²) in [5.74, 6) is 1.25. The molecule has 3 rings (SSSR count). The molecule has 1 aliphatic heterocycles. The van der Waals surface area contributed by atoms with Crippen molar-refractivity contribution in [3.8, 4) is 22.8 Å². The van der Waals surface area contributed by atoms with Gasteiger partial charge in [-0.2, -0.15) is 5.10 Å². The smallest absolute Gasteiger partial charge is 0.269 e. The summed E-state index contributed by atoms with van der Waals surface area (Å²) >= 11 is 0. The number of hydrogen-bond donors (Lipinski definition) is 1. The van der Waals surface area contributed by atoms with Crippen molar-refractivity contribution in [3.05, 3.63) is 30.0 Å². The van der Waals surface area contributed by atoms with E-state index in [4.69, 9.17) is 9.47 Å². The molecule has 1 fully saturated rings. The van der Waals surface area contributed by atoms with E-state index in [0.29, 0.717) is 29.4 Å². The monoisotopic (exact) mass is 358 g/mol. The van der Waals surface area contributed by atoms with Crippen molar-refractivity contribution in [1.82, 2.24) is 20.0 Å². The van der Waals surface area contributed by atoms with Crippen LogP contribution in [0.3, 0.4) is 0 Å². The van der Waals surface area contributed by atoms with Crippen molar-refractivity contribution < 1.29 is 14.3 Å². The number of rotatable bonds is 7. The highest BCUT2D eigenvalue weighted by Gasteiger charge is 2.17. The summed E-state index contributed by atoms with van der Waals surface area (Å²) in [6.45, 7) is 3.79. The first kappa shape index (κ1) is 18.3. The highest BCUT2D eigenvalue weighted by Crippen LogP contribution is 2.32. The molecule has 1 saturated heterocycles. The van der Waals surface area contributed by atoms with Crippen LogP contribution >= 0.6 is 0 Å². The van der Waals surface area contributed by atoms with Gasteiger partial charge in [0.25, 0.3) is 5.91 Å². The second kappa shape index (κ2) is 8.23. The van der Waals surface area contributed by atoms with Gasteiger partial charge in [-0.15, -0.1) is 0 Å². The van der Waals surface area contributed by atoms with Gasteiger partial charge in [-0.05, 0) is 44.1 Å². The third kappa shape index (κ3) is 3.99. The van der Waals surface area contributed by atoms with Crippen LogP contribution in [0.5, 0.6) is 11.5 Å². The molecule has 0 atom stereocenters. The third-order valence-corrected chi connectivity index (χ3v) is 4.71. The van der Waals surface area contributed by atoms with Crippen LogP contribution in [0.25, 0.3) is 11.3 Å². The molecule has 1 aromatic carbocycles. The maximum Gasteiger partial charge on any atom is 0.269 e. The largest absolute Gasteiger partial charge is 0.497 e. The molecule has 0 unspecified atom stereocenters. The van der Waals surface area contributed by atoms with Crippen molar-refractivity contribution in [3.63, 3.8) is 0 Å². The van der Waals surface area contributed by atoms with Gasteiger partial charge in [0, 0.05) is 31.8 Å². The highest BCUT2D eigenvalue weighted by atomic mass is 16.5. The molecular weight excluding hydrogens is 332 g/mol. The van der Waals surface area contributed by atoms with Gasteiger partial charge in [-0.1, -0.05) is 0 Å². The molecule has 0 bridgehead atoms. The van der Waals surface area contributed by atoms with Gasteiger partial charge < -0.3 is 19.7 Å². The quantitative estimate of drug-likeness (QED) is 0.819. The number of methoxy groups -OCH3 is 2. The predicted molar refractivity (Wildman–Crippen MR) is 99.8 cm³/mol. The summed E-state index contributed by atoms with van der Waals surface area (Å²) in [6, 6.07) is 7.33. The maximum atomic E-state index is 12.5. The van der Waals surface area contributed by atoms with Gasteiger partial charge in [-0.3, -0.25) is 9.48 Å². The first-order chi connectivity index (χ1) is 12.6. The summed E-state index contributed by atoms with van der Waals surface area (Å²) in [5, 5.41) is 7.46. The number of likely N-dealkylation sites (tertiary alicyclic amines) is 1. The Morgan fingerprint density at radius 1 is 1.19 bits per heavy atom. The molecule has 1 amide bonds. The first-order valence-electron chi connectivity index (χ1n) is 8.89. The van der Waals surface area contributed by atoms with Crippen LogP contribution in [0, 0.1) is 0 Å². The Balaban J connectivity index is 1.71. The van der Waals surface area contributed by atoms with Crippen molar-refractivity contribution in [2.45, 2.75) is 12.8 Å². The number of benzene rings is 1. The number of nitrogens with one attached hydrogen (secondary N) is 1. The summed E-state index contributed by atoms with van der Waals surface area (Å²) in [4.78, 5) is 14.9. The van der Waals surface area contributed by atoms with E-state index in [2.05, 4.69) is 15.3 Å². The number of carbonyl (C=O) groups is 1. The fourth-order valence-corrected chi connectivity index (χ4v) is 3.25. The molecule has 0 radical (unpaired) electrons. The molecule has 0 aliphatic carbocycles. The van der Waals surface area contributed by atoms with Gasteiger partial charge in [0.05, 0.1) is 19.9 Å². The van der Waals surface area contributed by atoms with E-state index in [1.807, 2.05) is 12.1 Å². The lowest BCUT2D eigenvalue weighted by Gasteiger charge is -2.14. The fourth-order valence-electron chi connectivity index (χ4n) is 3.25. The number of aromatic nitrogens is 2. The molecule has 7 heteroatoms. The van der Waals surface area contributed by atoms with E-state index in [0.717, 1.165) is 25.2 Å². The number of amides is 1. The molecule has 140 valence electrons. The van der Waals surface area contributed by atoms with E-state index < -0.39 is 0 Å². The molecule has 26 heavy (non-hydrogen) atoms. The minimum atomic E-state index is -0.113. The lowest BCUT2D eigenvalue weighted by atomic mass is 10.1. The average Bonchev–Trinajstić information content (AvgIpc) is 3.30. The normalized spacial score (nSPS) is 14.4. The van der Waals surface area contributed by atoms with Gasteiger partial charge in [0.1, 0.15) is 17.2 Å². The second-order valence-corrected chi connectivity index (χ2v) is 6.41. The summed E-state index contributed by atoms with van der Waals surface area (Å²) in [7, 11) is 4.99. The van der Waals surface area contributed by atoms with Crippen LogP contribution in [-0.2, 0) is 7.05 Å². The predicted octanol–water partition coefficient (Wildman–Crippen LogP) is 1.93. The standard InChI is InChI=1S/C19H26N4O3/c1-22-17(19(24)20-8-11-23-9-4-5-10-23)13-16(21-22)15-7-6-14(25-2)12-18(15)26-3/h6-7,12-13H,4-5,8-11H2,1-3H3,(H,20,24). The van der Waals surface area contributed by atoms with Crippen LogP contribution in [0.4, 0.5) is 0 Å². The van der Waals surface area contributed by atoms with Gasteiger partial charge in [-0.25, -0.2) is 0 Å². The number of hydrogen-bond acceptors (Lipinski definition) is 5. The van der Waals surface area contributed by atoms with E-state index in [1.54, 1.807) is 38.1 Å². The van der Waals surface area contributed by atoms with Crippen molar-refractivity contribution in [1.29, 1.82) is 0 Å². The SMILES string of the molecule is COc1ccc(-c2cc(C(=O)NCCN3CCCC3)n(C)n2)c(OC)c1. The maximum absolute atomic E-state index is 12.5. The van der Waals surface area contributed by atoms with Crippen LogP contribution in [-0.4, -0.2) is 61.0 Å². The Morgan fingerprint density at radius 3 is 2.65 bits per heavy atom. The van der Waals surface area contributed by atoms with Gasteiger partial charge in [0.2, 0.25) is 0 Å². The molecule has 1 aliphatic rings. The number of aryl methyl sites for hydroxylation is 1. The Morgan fingerprint density at radius 2 is 1.96 bits per heavy atom. The van der Waals surface area contributed by atoms with E-state index in [-0.39, 0.29) is 5.91 Å². The average molecular weight is 358 g/mol. The topological polar surface area (TPSA) is 68.6 Å². The minimum absolute atomic E-state index is 0.113. The second-order valence-electron chi connectivity index (χ2n) is 6.41. The zero-order valence-electron chi connectivity index (χ0n) is 15.6. The van der Waals surface area contributed by atoms with Crippen molar-refractivity contribution >= 4 is 5.91 Å². The summed E-state index contributed by atoms with van der Waals surface area (Å²) in [6.07, 6.45) is 2.51. The van der Waals surface area contributed by atoms with Crippen LogP contribution in [0.15, 0.2) is 24.3 Å². The first-order valence-corrected chi connectivity index (χ1v) is 8.89. The lowest BCUT2D eigenvalue weighted by molar-refractivity contribution is 0.0940. The molecule has 0 saturated carbocycles. The van der Waals surface area contributed by atoms with Crippen molar-refractivity contribution in [2.24, 2.45) is 7.05 Å². The number of carbonyl (C=O) groups excluding carboxylic acids is 1. The van der Waals surface area contributed by atoms with Crippen LogP contribution < -0.4 is 14.8 Å². The van der Waals surface area contributed by atoms with E-state index in [1.165, 1.54) is 12.8 Å². The molecular formula is C19H26N4O3. The fraction of sp³-hybridized carbons (Fsp3) is 0.474. The highest BCUT2D eigenvalue weighted by molar-refractivity contribution is 5.93. The number of nitrogens with zero attached hydrogens (tertiary/aromatic N) is 3. The molecule has 2 aromatic rings. The molecule has 0 spiro atoms. The molecule has 1 aromatic heterocycles. The van der Waals surface area contributed by atoms with Crippen molar-refractivity contribution in [2.75, 3.05) is 40.4 Å². The van der Waals surface area contributed by atoms with E-state index >= 15 is 0 Å². The minimum Gasteiger partial charge on any atom is -0.497 e. The van der Waals surface area contributed by atoms with Crippen LogP contribution in [0.1, 0.15) is 23.3 Å². The zero-order chi connectivity index (χ0) is 18.5. The zero-order valence-corrected chi connectivity index (χ0v) is 15.6. The summed E-state index contributed by atoms with van der Waals surface area (Å²) < 4.78 is 12.3. The number of ether oxygens (including phenoxy) is 2. The Hall–Kier alpha value is -2.54.